The third-order valence-corrected chi connectivity index (χ3v) is 3.50. The normalized spacial score (nSPS) is 10.4. The monoisotopic (exact) mass is 282 g/mol. The second kappa shape index (κ2) is 11.0. The summed E-state index contributed by atoms with van der Waals surface area (Å²) in [5, 5.41) is 3.37. The number of hydrogen-bond donors (Lipinski definition) is 1. The first-order valence-electron chi connectivity index (χ1n) is 7.19. The number of nitrogens with zero attached hydrogens (tertiary/aromatic N) is 1. The number of ether oxygens (including phenoxy) is 1. The Morgan fingerprint density at radius 1 is 1.26 bits per heavy atom. The van der Waals surface area contributed by atoms with Crippen LogP contribution in [0.1, 0.15) is 39.0 Å². The first-order valence-corrected chi connectivity index (χ1v) is 8.58. The van der Waals surface area contributed by atoms with Crippen LogP contribution in [-0.4, -0.2) is 30.1 Å². The van der Waals surface area contributed by atoms with E-state index in [2.05, 4.69) is 23.5 Å². The molecule has 0 unspecified atom stereocenters. The zero-order chi connectivity index (χ0) is 13.8. The second-order valence-electron chi connectivity index (χ2n) is 4.53. The number of pyridine rings is 1. The van der Waals surface area contributed by atoms with E-state index in [1.807, 2.05) is 23.9 Å². The van der Waals surface area contributed by atoms with Crippen LogP contribution in [0.3, 0.4) is 0 Å². The van der Waals surface area contributed by atoms with Crippen LogP contribution in [0.5, 0.6) is 5.75 Å². The van der Waals surface area contributed by atoms with Gasteiger partial charge in [-0.05, 0) is 43.4 Å². The molecule has 0 fully saturated rings. The quantitative estimate of drug-likeness (QED) is 0.617. The summed E-state index contributed by atoms with van der Waals surface area (Å²) in [4.78, 5) is 4.34. The van der Waals surface area contributed by atoms with Crippen molar-refractivity contribution in [3.63, 3.8) is 0 Å². The molecular weight excluding hydrogens is 256 g/mol. The van der Waals surface area contributed by atoms with Crippen LogP contribution in [-0.2, 0) is 0 Å². The van der Waals surface area contributed by atoms with Crippen molar-refractivity contribution < 1.29 is 4.74 Å². The summed E-state index contributed by atoms with van der Waals surface area (Å²) < 4.78 is 5.67. The van der Waals surface area contributed by atoms with Gasteiger partial charge in [-0.25, -0.2) is 4.98 Å². The lowest BCUT2D eigenvalue weighted by Crippen LogP contribution is -2.06. The van der Waals surface area contributed by atoms with Gasteiger partial charge in [0, 0.05) is 12.7 Å². The molecule has 0 saturated heterocycles. The lowest BCUT2D eigenvalue weighted by molar-refractivity contribution is 0.318. The lowest BCUT2D eigenvalue weighted by atomic mass is 10.2. The van der Waals surface area contributed by atoms with Crippen molar-refractivity contribution in [3.8, 4) is 5.75 Å². The zero-order valence-corrected chi connectivity index (χ0v) is 13.0. The van der Waals surface area contributed by atoms with Gasteiger partial charge in [0.15, 0.2) is 11.6 Å². The maximum absolute atomic E-state index is 5.67. The molecule has 1 aromatic heterocycles. The van der Waals surface area contributed by atoms with Crippen LogP contribution >= 0.6 is 11.8 Å². The van der Waals surface area contributed by atoms with Crippen LogP contribution < -0.4 is 10.1 Å². The number of hydrogen-bond acceptors (Lipinski definition) is 4. The number of thioether (sulfide) groups is 1. The molecular formula is C15H26N2OS. The largest absolute Gasteiger partial charge is 0.490 e. The number of nitrogens with one attached hydrogen (secondary N) is 1. The van der Waals surface area contributed by atoms with Crippen molar-refractivity contribution >= 4 is 17.6 Å². The Bertz CT molecular complexity index is 334. The molecule has 0 bridgehead atoms. The minimum absolute atomic E-state index is 0.745. The van der Waals surface area contributed by atoms with E-state index in [9.17, 15) is 0 Å². The Morgan fingerprint density at radius 3 is 2.89 bits per heavy atom. The summed E-state index contributed by atoms with van der Waals surface area (Å²) in [7, 11) is 0. The van der Waals surface area contributed by atoms with Gasteiger partial charge in [0.25, 0.3) is 0 Å². The van der Waals surface area contributed by atoms with Gasteiger partial charge in [0.05, 0.1) is 6.61 Å². The molecule has 1 aromatic rings. The third-order valence-electron chi connectivity index (χ3n) is 2.80. The molecule has 3 nitrogen and oxygen atoms in total. The van der Waals surface area contributed by atoms with Crippen LogP contribution in [0.15, 0.2) is 18.3 Å². The summed E-state index contributed by atoms with van der Waals surface area (Å²) in [6.07, 6.45) is 10.1. The summed E-state index contributed by atoms with van der Waals surface area (Å²) in [5.74, 6) is 3.02. The fourth-order valence-electron chi connectivity index (χ4n) is 1.78. The lowest BCUT2D eigenvalue weighted by Gasteiger charge is -2.11. The molecule has 0 radical (unpaired) electrons. The molecule has 108 valence electrons. The Labute approximate surface area is 121 Å². The van der Waals surface area contributed by atoms with Gasteiger partial charge in [-0.1, -0.05) is 19.8 Å². The average Bonchev–Trinajstić information content (AvgIpc) is 2.45. The minimum Gasteiger partial charge on any atom is -0.490 e. The summed E-state index contributed by atoms with van der Waals surface area (Å²) in [5.41, 5.74) is 0. The first-order chi connectivity index (χ1) is 9.38. The predicted octanol–water partition coefficient (Wildman–Crippen LogP) is 4.21. The van der Waals surface area contributed by atoms with Gasteiger partial charge >= 0.3 is 0 Å². The zero-order valence-electron chi connectivity index (χ0n) is 12.2. The van der Waals surface area contributed by atoms with Gasteiger partial charge in [-0.15, -0.1) is 0 Å². The summed E-state index contributed by atoms with van der Waals surface area (Å²) in [6.45, 7) is 3.83. The Morgan fingerprint density at radius 2 is 2.11 bits per heavy atom. The highest BCUT2D eigenvalue weighted by molar-refractivity contribution is 7.98. The number of aromatic nitrogens is 1. The molecule has 1 N–H and O–H groups in total. The maximum atomic E-state index is 5.67. The predicted molar refractivity (Wildman–Crippen MR) is 85.4 cm³/mol. The highest BCUT2D eigenvalue weighted by Gasteiger charge is 2.02. The van der Waals surface area contributed by atoms with E-state index in [0.29, 0.717) is 0 Å². The Hall–Kier alpha value is -0.900. The highest BCUT2D eigenvalue weighted by Crippen LogP contribution is 2.21. The fraction of sp³-hybridized carbons (Fsp3) is 0.667. The van der Waals surface area contributed by atoms with Crippen LogP contribution in [0.4, 0.5) is 5.82 Å². The number of rotatable bonds is 11. The molecule has 0 aliphatic rings. The average molecular weight is 282 g/mol. The van der Waals surface area contributed by atoms with Gasteiger partial charge in [-0.2, -0.15) is 11.8 Å². The van der Waals surface area contributed by atoms with E-state index in [0.717, 1.165) is 31.1 Å². The Kier molecular flexibility index (Phi) is 9.33. The van der Waals surface area contributed by atoms with Crippen molar-refractivity contribution in [2.24, 2.45) is 0 Å². The SMILES string of the molecule is CCCOc1cccnc1NCCCCCCSC. The standard InChI is InChI=1S/C15H26N2OS/c1-3-12-18-14-9-8-11-17-15(14)16-10-6-4-5-7-13-19-2/h8-9,11H,3-7,10,12-13H2,1-2H3,(H,16,17). The van der Waals surface area contributed by atoms with Gasteiger partial charge in [0.1, 0.15) is 0 Å². The molecule has 0 aliphatic carbocycles. The van der Waals surface area contributed by atoms with E-state index >= 15 is 0 Å². The highest BCUT2D eigenvalue weighted by atomic mass is 32.2. The minimum atomic E-state index is 0.745. The number of anilines is 1. The van der Waals surface area contributed by atoms with E-state index in [1.54, 1.807) is 6.20 Å². The van der Waals surface area contributed by atoms with Crippen molar-refractivity contribution in [2.45, 2.75) is 39.0 Å². The van der Waals surface area contributed by atoms with Gasteiger partial charge in [-0.3, -0.25) is 0 Å². The molecule has 4 heteroatoms. The molecule has 1 rings (SSSR count). The molecule has 0 atom stereocenters. The Balaban J connectivity index is 2.21. The van der Waals surface area contributed by atoms with Gasteiger partial charge in [0.2, 0.25) is 0 Å². The van der Waals surface area contributed by atoms with Crippen LogP contribution in [0.2, 0.25) is 0 Å². The third kappa shape index (κ3) is 7.31. The summed E-state index contributed by atoms with van der Waals surface area (Å²) >= 11 is 1.93. The molecule has 0 amide bonds. The molecule has 19 heavy (non-hydrogen) atoms. The number of unbranched alkanes of at least 4 members (excludes halogenated alkanes) is 3. The van der Waals surface area contributed by atoms with Gasteiger partial charge < -0.3 is 10.1 Å². The smallest absolute Gasteiger partial charge is 0.168 e. The molecule has 0 spiro atoms. The fourth-order valence-corrected chi connectivity index (χ4v) is 2.28. The van der Waals surface area contributed by atoms with Crippen molar-refractivity contribution in [3.05, 3.63) is 18.3 Å². The van der Waals surface area contributed by atoms with E-state index in [1.165, 1.54) is 31.4 Å². The first kappa shape index (κ1) is 16.2. The molecule has 0 saturated carbocycles. The van der Waals surface area contributed by atoms with E-state index in [4.69, 9.17) is 4.74 Å². The van der Waals surface area contributed by atoms with Crippen molar-refractivity contribution in [2.75, 3.05) is 30.5 Å². The van der Waals surface area contributed by atoms with Crippen molar-refractivity contribution in [1.29, 1.82) is 0 Å². The van der Waals surface area contributed by atoms with Crippen LogP contribution in [0.25, 0.3) is 0 Å². The van der Waals surface area contributed by atoms with E-state index in [-0.39, 0.29) is 0 Å². The van der Waals surface area contributed by atoms with Crippen LogP contribution in [0, 0.1) is 0 Å². The molecule has 0 aromatic carbocycles. The molecule has 0 aliphatic heterocycles. The molecule has 1 heterocycles. The summed E-state index contributed by atoms with van der Waals surface area (Å²) in [6, 6.07) is 3.89. The second-order valence-corrected chi connectivity index (χ2v) is 5.52. The van der Waals surface area contributed by atoms with E-state index < -0.39 is 0 Å². The topological polar surface area (TPSA) is 34.1 Å². The maximum Gasteiger partial charge on any atom is 0.168 e. The van der Waals surface area contributed by atoms with Crippen molar-refractivity contribution in [1.82, 2.24) is 4.98 Å².